The smallest absolute Gasteiger partial charge is 0.200 e. The molecule has 0 aromatic heterocycles. The Hall–Kier alpha value is -0.650. The Morgan fingerprint density at radius 1 is 0.615 bits per heavy atom. The predicted molar refractivity (Wildman–Crippen MR) is 41.3 cm³/mol. The van der Waals surface area contributed by atoms with Crippen LogP contribution in [0.15, 0.2) is 0 Å². The number of benzene rings is 1. The van der Waals surface area contributed by atoms with Crippen LogP contribution in [0, 0.1) is 36.0 Å². The maximum absolute atomic E-state index is 12.4. The van der Waals surface area contributed by atoms with Gasteiger partial charge in [0.2, 0.25) is 5.82 Å². The summed E-state index contributed by atoms with van der Waals surface area (Å²) in [6.45, 7) is 0.816. The van der Waals surface area contributed by atoms with Crippen molar-refractivity contribution < 1.29 is 22.0 Å². The Kier molecular flexibility index (Phi) is 3.84. The van der Waals surface area contributed by atoms with Gasteiger partial charge in [-0.2, -0.15) is 0 Å². The molecular weight excluding hydrogens is 259 g/mol. The van der Waals surface area contributed by atoms with Crippen molar-refractivity contribution in [2.24, 2.45) is 0 Å². The average molecular weight is 263 g/mol. The van der Waals surface area contributed by atoms with Crippen molar-refractivity contribution in [3.05, 3.63) is 34.6 Å². The fourth-order valence-corrected chi connectivity index (χ4v) is 0.715. The van der Waals surface area contributed by atoms with Crippen LogP contribution in [0.3, 0.4) is 0 Å². The third-order valence-electron chi connectivity index (χ3n) is 1.43. The second-order valence-corrected chi connectivity index (χ2v) is 2.19. The van der Waals surface area contributed by atoms with Crippen LogP contribution >= 0.6 is 17.0 Å². The molecule has 1 rings (SSSR count). The van der Waals surface area contributed by atoms with Gasteiger partial charge in [0, 0.05) is 5.56 Å². The van der Waals surface area contributed by atoms with E-state index in [-0.39, 0.29) is 17.0 Å². The molecule has 0 fully saturated rings. The van der Waals surface area contributed by atoms with Crippen LogP contribution in [0.25, 0.3) is 0 Å². The van der Waals surface area contributed by atoms with Gasteiger partial charge in [0.1, 0.15) is 0 Å². The number of halogens is 6. The molecule has 0 radical (unpaired) electrons. The molecule has 0 unspecified atom stereocenters. The minimum atomic E-state index is -2.13. The number of rotatable bonds is 0. The molecule has 0 N–H and O–H groups in total. The van der Waals surface area contributed by atoms with E-state index in [1.54, 1.807) is 0 Å². The van der Waals surface area contributed by atoms with E-state index < -0.39 is 34.6 Å². The molecule has 0 aliphatic carbocycles. The first-order chi connectivity index (χ1) is 5.46. The zero-order valence-electron chi connectivity index (χ0n) is 6.30. The van der Waals surface area contributed by atoms with E-state index in [1.807, 2.05) is 0 Å². The highest BCUT2D eigenvalue weighted by molar-refractivity contribution is 8.93. The van der Waals surface area contributed by atoms with Crippen LogP contribution in [-0.2, 0) is 0 Å². The maximum atomic E-state index is 12.4. The van der Waals surface area contributed by atoms with Gasteiger partial charge < -0.3 is 0 Å². The summed E-state index contributed by atoms with van der Waals surface area (Å²) in [6.07, 6.45) is 0. The summed E-state index contributed by atoms with van der Waals surface area (Å²) < 4.78 is 61.6. The topological polar surface area (TPSA) is 0 Å². The van der Waals surface area contributed by atoms with E-state index in [4.69, 9.17) is 0 Å². The largest absolute Gasteiger partial charge is 0.203 e. The zero-order valence-corrected chi connectivity index (χ0v) is 8.01. The summed E-state index contributed by atoms with van der Waals surface area (Å²) in [5.41, 5.74) is -0.869. The van der Waals surface area contributed by atoms with Gasteiger partial charge in [0.05, 0.1) is 0 Å². The fraction of sp³-hybridized carbons (Fsp3) is 0.143. The summed E-state index contributed by atoms with van der Waals surface area (Å²) in [5.74, 6) is -9.52. The predicted octanol–water partition coefficient (Wildman–Crippen LogP) is 3.27. The third kappa shape index (κ3) is 1.82. The van der Waals surface area contributed by atoms with Crippen LogP contribution in [-0.4, -0.2) is 0 Å². The zero-order chi connectivity index (χ0) is 9.46. The van der Waals surface area contributed by atoms with Crippen molar-refractivity contribution in [1.29, 1.82) is 0 Å². The molecule has 0 saturated heterocycles. The first-order valence-corrected chi connectivity index (χ1v) is 2.94. The molecule has 6 heteroatoms. The highest BCUT2D eigenvalue weighted by Gasteiger charge is 2.22. The van der Waals surface area contributed by atoms with Crippen molar-refractivity contribution in [2.45, 2.75) is 6.92 Å². The van der Waals surface area contributed by atoms with Crippen molar-refractivity contribution in [3.63, 3.8) is 0 Å². The Morgan fingerprint density at radius 2 is 0.846 bits per heavy atom. The molecule has 0 atom stereocenters. The second-order valence-electron chi connectivity index (χ2n) is 2.19. The van der Waals surface area contributed by atoms with Gasteiger partial charge in [-0.3, -0.25) is 0 Å². The van der Waals surface area contributed by atoms with Crippen molar-refractivity contribution >= 4 is 17.0 Å². The van der Waals surface area contributed by atoms with Crippen LogP contribution in [0.1, 0.15) is 5.56 Å². The Bertz CT molecular complexity index is 231. The first kappa shape index (κ1) is 12.3. The molecule has 13 heavy (non-hydrogen) atoms. The molecule has 0 heterocycles. The minimum Gasteiger partial charge on any atom is -0.203 e. The molecule has 0 bridgehead atoms. The lowest BCUT2D eigenvalue weighted by Crippen LogP contribution is -2.03. The highest BCUT2D eigenvalue weighted by atomic mass is 79.9. The molecule has 0 aliphatic heterocycles. The van der Waals surface area contributed by atoms with Gasteiger partial charge in [-0.05, 0) is 6.92 Å². The van der Waals surface area contributed by atoms with E-state index >= 15 is 0 Å². The first-order valence-electron chi connectivity index (χ1n) is 2.94. The molecule has 0 spiro atoms. The number of hydrogen-bond acceptors (Lipinski definition) is 0. The standard InChI is InChI=1S/C7H3F5.BrH/c1-2-3(8)5(10)7(12)6(11)4(2)9;/h1H3;1H. The van der Waals surface area contributed by atoms with Crippen LogP contribution < -0.4 is 0 Å². The average Bonchev–Trinajstić information content (AvgIpc) is 2.08. The Balaban J connectivity index is 0.00000144. The molecule has 74 valence electrons. The van der Waals surface area contributed by atoms with E-state index in [0.717, 1.165) is 6.92 Å². The summed E-state index contributed by atoms with van der Waals surface area (Å²) in [4.78, 5) is 0. The lowest BCUT2D eigenvalue weighted by atomic mass is 10.2. The van der Waals surface area contributed by atoms with Crippen molar-refractivity contribution in [1.82, 2.24) is 0 Å². The second kappa shape index (κ2) is 4.04. The maximum Gasteiger partial charge on any atom is 0.200 e. The molecule has 1 aromatic carbocycles. The molecular formula is C7H4BrF5. The van der Waals surface area contributed by atoms with Crippen molar-refractivity contribution in [3.8, 4) is 0 Å². The quantitative estimate of drug-likeness (QED) is 0.383. The third-order valence-corrected chi connectivity index (χ3v) is 1.43. The number of hydrogen-bond donors (Lipinski definition) is 0. The van der Waals surface area contributed by atoms with Crippen molar-refractivity contribution in [2.75, 3.05) is 0 Å². The monoisotopic (exact) mass is 262 g/mol. The van der Waals surface area contributed by atoms with Gasteiger partial charge in [0.15, 0.2) is 23.3 Å². The SMILES string of the molecule is Br.Cc1c(F)c(F)c(F)c(F)c1F. The van der Waals surface area contributed by atoms with Crippen LogP contribution in [0.4, 0.5) is 22.0 Å². The minimum absolute atomic E-state index is 0. The van der Waals surface area contributed by atoms with Gasteiger partial charge in [-0.15, -0.1) is 17.0 Å². The molecule has 0 nitrogen and oxygen atoms in total. The van der Waals surface area contributed by atoms with Gasteiger partial charge >= 0.3 is 0 Å². The summed E-state index contributed by atoms with van der Waals surface area (Å²) in [6, 6.07) is 0. The fourth-order valence-electron chi connectivity index (χ4n) is 0.715. The van der Waals surface area contributed by atoms with Gasteiger partial charge in [-0.25, -0.2) is 22.0 Å². The molecule has 0 aliphatic rings. The summed E-state index contributed by atoms with van der Waals surface area (Å²) in [5, 5.41) is 0. The summed E-state index contributed by atoms with van der Waals surface area (Å²) >= 11 is 0. The van der Waals surface area contributed by atoms with Crippen LogP contribution in [0.5, 0.6) is 0 Å². The van der Waals surface area contributed by atoms with Crippen LogP contribution in [0.2, 0.25) is 0 Å². The lowest BCUT2D eigenvalue weighted by Gasteiger charge is -2.02. The lowest BCUT2D eigenvalue weighted by molar-refractivity contribution is 0.373. The van der Waals surface area contributed by atoms with E-state index in [0.29, 0.717) is 0 Å². The molecule has 0 saturated carbocycles. The molecule has 0 amide bonds. The van der Waals surface area contributed by atoms with E-state index in [1.165, 1.54) is 0 Å². The van der Waals surface area contributed by atoms with E-state index in [2.05, 4.69) is 0 Å². The van der Waals surface area contributed by atoms with Gasteiger partial charge in [-0.1, -0.05) is 0 Å². The highest BCUT2D eigenvalue weighted by Crippen LogP contribution is 2.21. The van der Waals surface area contributed by atoms with E-state index in [9.17, 15) is 22.0 Å². The van der Waals surface area contributed by atoms with Gasteiger partial charge in [0.25, 0.3) is 0 Å². The Morgan fingerprint density at radius 3 is 1.15 bits per heavy atom. The normalized spacial score (nSPS) is 9.69. The molecule has 1 aromatic rings. The Labute approximate surface area is 81.1 Å². The summed E-state index contributed by atoms with van der Waals surface area (Å²) in [7, 11) is 0.